The number of fused-ring (bicyclic) bond motifs is 1. The van der Waals surface area contributed by atoms with Gasteiger partial charge in [-0.3, -0.25) is 9.59 Å². The molecule has 2 heterocycles. The number of hydrogen-bond donors (Lipinski definition) is 3. The van der Waals surface area contributed by atoms with E-state index in [2.05, 4.69) is 16.7 Å². The molecule has 8 nitrogen and oxygen atoms in total. The minimum absolute atomic E-state index is 0.118. The number of nitrogens with one attached hydrogen (secondary N) is 2. The van der Waals surface area contributed by atoms with Crippen molar-refractivity contribution in [2.75, 3.05) is 13.2 Å². The van der Waals surface area contributed by atoms with E-state index in [-0.39, 0.29) is 17.6 Å². The average molecular weight is 488 g/mol. The zero-order valence-corrected chi connectivity index (χ0v) is 20.3. The molecule has 2 aliphatic rings. The van der Waals surface area contributed by atoms with Crippen LogP contribution in [0.15, 0.2) is 52.9 Å². The van der Waals surface area contributed by atoms with E-state index in [1.807, 2.05) is 56.3 Å². The van der Waals surface area contributed by atoms with Crippen LogP contribution in [0.5, 0.6) is 0 Å². The van der Waals surface area contributed by atoms with Crippen molar-refractivity contribution >= 4 is 22.8 Å². The Balaban J connectivity index is 1.33. The summed E-state index contributed by atoms with van der Waals surface area (Å²) in [5.41, 5.74) is 1.52. The molecule has 2 atom stereocenters. The molecule has 2 aromatic carbocycles. The van der Waals surface area contributed by atoms with E-state index in [1.54, 1.807) is 6.07 Å². The van der Waals surface area contributed by atoms with Crippen LogP contribution in [0, 0.1) is 17.2 Å². The van der Waals surface area contributed by atoms with Crippen LogP contribution in [0.25, 0.3) is 22.1 Å². The fourth-order valence-corrected chi connectivity index (χ4v) is 4.38. The van der Waals surface area contributed by atoms with Gasteiger partial charge in [0.15, 0.2) is 5.76 Å². The number of furan rings is 1. The van der Waals surface area contributed by atoms with E-state index in [1.165, 1.54) is 0 Å². The summed E-state index contributed by atoms with van der Waals surface area (Å²) in [6.45, 7) is 4.44. The topological polar surface area (TPSA) is 125 Å². The Kier molecular flexibility index (Phi) is 6.07. The van der Waals surface area contributed by atoms with Gasteiger partial charge in [0.05, 0.1) is 19.3 Å². The van der Waals surface area contributed by atoms with Crippen molar-refractivity contribution in [3.05, 3.63) is 59.9 Å². The largest absolute Gasteiger partial charge is 0.451 e. The SMILES string of the molecule is CC[C@H](C)C(NC(=O)c1cc2ccc(-c3ccc(C4(O)COC4)cc3)cc2o1)C(=O)NC1(C#N)CC1. The molecule has 1 aliphatic heterocycles. The average Bonchev–Trinajstić information content (AvgIpc) is 3.51. The number of rotatable bonds is 8. The molecule has 1 unspecified atom stereocenters. The summed E-state index contributed by atoms with van der Waals surface area (Å²) in [6.07, 6.45) is 1.94. The van der Waals surface area contributed by atoms with Crippen LogP contribution in [0.2, 0.25) is 0 Å². The number of hydrogen-bond acceptors (Lipinski definition) is 6. The summed E-state index contributed by atoms with van der Waals surface area (Å²) in [4.78, 5) is 25.9. The zero-order chi connectivity index (χ0) is 25.5. The van der Waals surface area contributed by atoms with Gasteiger partial charge in [0, 0.05) is 5.39 Å². The van der Waals surface area contributed by atoms with Crippen molar-refractivity contribution in [3.63, 3.8) is 0 Å². The highest BCUT2D eigenvalue weighted by atomic mass is 16.5. The molecule has 2 amide bonds. The maximum atomic E-state index is 13.0. The normalized spacial score (nSPS) is 18.9. The van der Waals surface area contributed by atoms with Crippen molar-refractivity contribution in [1.82, 2.24) is 10.6 Å². The van der Waals surface area contributed by atoms with Gasteiger partial charge in [0.2, 0.25) is 5.91 Å². The molecule has 1 saturated heterocycles. The van der Waals surface area contributed by atoms with E-state index in [9.17, 15) is 20.0 Å². The molecule has 36 heavy (non-hydrogen) atoms. The molecule has 1 aliphatic carbocycles. The summed E-state index contributed by atoms with van der Waals surface area (Å²) in [5.74, 6) is -0.828. The fraction of sp³-hybridized carbons (Fsp3) is 0.393. The van der Waals surface area contributed by atoms with Crippen LogP contribution in [-0.4, -0.2) is 41.7 Å². The second kappa shape index (κ2) is 9.08. The van der Waals surface area contributed by atoms with Gasteiger partial charge in [-0.05, 0) is 47.6 Å². The van der Waals surface area contributed by atoms with Gasteiger partial charge in [-0.1, -0.05) is 56.7 Å². The van der Waals surface area contributed by atoms with Crippen molar-refractivity contribution in [2.24, 2.45) is 5.92 Å². The Bertz CT molecular complexity index is 1350. The third-order valence-electron chi connectivity index (χ3n) is 7.29. The molecular weight excluding hydrogens is 458 g/mol. The van der Waals surface area contributed by atoms with Crippen molar-refractivity contribution in [1.29, 1.82) is 5.26 Å². The molecule has 1 aromatic heterocycles. The fourth-order valence-electron chi connectivity index (χ4n) is 4.38. The first-order valence-corrected chi connectivity index (χ1v) is 12.2. The number of carbonyl (C=O) groups is 2. The second-order valence-corrected chi connectivity index (χ2v) is 9.98. The molecule has 0 radical (unpaired) electrons. The lowest BCUT2D eigenvalue weighted by atomic mass is 9.90. The molecule has 0 spiro atoms. The van der Waals surface area contributed by atoms with E-state index in [0.29, 0.717) is 38.1 Å². The molecule has 8 heteroatoms. The predicted octanol–water partition coefficient (Wildman–Crippen LogP) is 3.63. The van der Waals surface area contributed by atoms with Gasteiger partial charge in [-0.15, -0.1) is 0 Å². The lowest BCUT2D eigenvalue weighted by Gasteiger charge is -2.36. The summed E-state index contributed by atoms with van der Waals surface area (Å²) in [5, 5.41) is 26.1. The van der Waals surface area contributed by atoms with Crippen LogP contribution in [0.4, 0.5) is 0 Å². The Labute approximate surface area is 209 Å². The molecule has 5 rings (SSSR count). The molecule has 2 fully saturated rings. The number of amides is 2. The van der Waals surface area contributed by atoms with Crippen LogP contribution < -0.4 is 10.6 Å². The molecule has 1 saturated carbocycles. The van der Waals surface area contributed by atoms with Crippen LogP contribution in [0.3, 0.4) is 0 Å². The number of carbonyl (C=O) groups excluding carboxylic acids is 2. The molecule has 3 N–H and O–H groups in total. The summed E-state index contributed by atoms with van der Waals surface area (Å²) < 4.78 is 11.0. The zero-order valence-electron chi connectivity index (χ0n) is 20.3. The van der Waals surface area contributed by atoms with Gasteiger partial charge in [-0.25, -0.2) is 0 Å². The van der Waals surface area contributed by atoms with Crippen LogP contribution >= 0.6 is 0 Å². The maximum absolute atomic E-state index is 13.0. The smallest absolute Gasteiger partial charge is 0.287 e. The number of nitriles is 1. The maximum Gasteiger partial charge on any atom is 0.287 e. The molecule has 186 valence electrons. The summed E-state index contributed by atoms with van der Waals surface area (Å²) in [7, 11) is 0. The van der Waals surface area contributed by atoms with Gasteiger partial charge in [0.25, 0.3) is 5.91 Å². The Morgan fingerprint density at radius 3 is 2.39 bits per heavy atom. The quantitative estimate of drug-likeness (QED) is 0.446. The van der Waals surface area contributed by atoms with E-state index in [0.717, 1.165) is 22.1 Å². The third kappa shape index (κ3) is 4.48. The van der Waals surface area contributed by atoms with Crippen molar-refractivity contribution in [2.45, 2.75) is 50.3 Å². The molecular formula is C28H29N3O5. The highest BCUT2D eigenvalue weighted by molar-refractivity contribution is 5.99. The molecule has 3 aromatic rings. The highest BCUT2D eigenvalue weighted by Crippen LogP contribution is 2.35. The monoisotopic (exact) mass is 487 g/mol. The lowest BCUT2D eigenvalue weighted by molar-refractivity contribution is -0.184. The van der Waals surface area contributed by atoms with Gasteiger partial charge in [-0.2, -0.15) is 5.26 Å². The molecule has 0 bridgehead atoms. The highest BCUT2D eigenvalue weighted by Gasteiger charge is 2.46. The summed E-state index contributed by atoms with van der Waals surface area (Å²) in [6, 6.07) is 16.4. The first-order chi connectivity index (χ1) is 17.3. The van der Waals surface area contributed by atoms with Gasteiger partial charge >= 0.3 is 0 Å². The summed E-state index contributed by atoms with van der Waals surface area (Å²) >= 11 is 0. The first-order valence-electron chi connectivity index (χ1n) is 12.2. The van der Waals surface area contributed by atoms with E-state index < -0.39 is 23.1 Å². The van der Waals surface area contributed by atoms with Gasteiger partial charge < -0.3 is 24.9 Å². The number of ether oxygens (including phenoxy) is 1. The number of nitrogens with zero attached hydrogens (tertiary/aromatic N) is 1. The third-order valence-corrected chi connectivity index (χ3v) is 7.29. The first kappa shape index (κ1) is 24.0. The predicted molar refractivity (Wildman–Crippen MR) is 133 cm³/mol. The van der Waals surface area contributed by atoms with E-state index in [4.69, 9.17) is 9.15 Å². The number of benzene rings is 2. The Morgan fingerprint density at radius 2 is 1.81 bits per heavy atom. The van der Waals surface area contributed by atoms with Crippen LogP contribution in [0.1, 0.15) is 49.2 Å². The second-order valence-electron chi connectivity index (χ2n) is 9.98. The van der Waals surface area contributed by atoms with Crippen molar-refractivity contribution < 1.29 is 23.8 Å². The van der Waals surface area contributed by atoms with Crippen molar-refractivity contribution in [3.8, 4) is 17.2 Å². The van der Waals surface area contributed by atoms with E-state index >= 15 is 0 Å². The van der Waals surface area contributed by atoms with Crippen LogP contribution in [-0.2, 0) is 15.1 Å². The lowest BCUT2D eigenvalue weighted by Crippen LogP contribution is -2.53. The number of aliphatic hydroxyl groups is 1. The minimum atomic E-state index is -0.913. The Hall–Kier alpha value is -3.67. The standard InChI is InChI=1S/C28H29N3O5/c1-3-17(2)24(26(33)31-27(14-29)10-11-27)30-25(32)23-13-20-5-4-19(12-22(20)36-23)18-6-8-21(9-7-18)28(34)15-35-16-28/h4-9,12-13,17,24,34H,3,10-11,15-16H2,1-2H3,(H,30,32)(H,31,33)/t17-,24?/m0/s1. The van der Waals surface area contributed by atoms with Gasteiger partial charge in [0.1, 0.15) is 22.8 Å². The Morgan fingerprint density at radius 1 is 1.11 bits per heavy atom. The minimum Gasteiger partial charge on any atom is -0.451 e.